The molecular formula is C13H18N4O2. The van der Waals surface area contributed by atoms with Gasteiger partial charge in [0, 0.05) is 38.8 Å². The molecule has 2 N–H and O–H groups in total. The van der Waals surface area contributed by atoms with Crippen LogP contribution in [0.15, 0.2) is 12.4 Å². The largest absolute Gasteiger partial charge is 0.396 e. The molecule has 2 rings (SSSR count). The fourth-order valence-electron chi connectivity index (χ4n) is 2.38. The Hall–Kier alpha value is -1.71. The number of hydrogen-bond donors (Lipinski definition) is 2. The van der Waals surface area contributed by atoms with Crippen LogP contribution in [0.2, 0.25) is 0 Å². The minimum absolute atomic E-state index is 0.0112. The molecule has 0 unspecified atom stereocenters. The minimum atomic E-state index is 0.0112. The summed E-state index contributed by atoms with van der Waals surface area (Å²) < 4.78 is 5.38. The van der Waals surface area contributed by atoms with E-state index in [2.05, 4.69) is 15.3 Å². The number of nitrogens with one attached hydrogen (secondary N) is 1. The van der Waals surface area contributed by atoms with Gasteiger partial charge >= 0.3 is 0 Å². The Morgan fingerprint density at radius 3 is 2.79 bits per heavy atom. The van der Waals surface area contributed by atoms with E-state index < -0.39 is 0 Å². The van der Waals surface area contributed by atoms with Crippen molar-refractivity contribution < 1.29 is 9.84 Å². The van der Waals surface area contributed by atoms with Crippen molar-refractivity contribution in [1.82, 2.24) is 9.97 Å². The minimum Gasteiger partial charge on any atom is -0.396 e. The van der Waals surface area contributed by atoms with Crippen molar-refractivity contribution in [2.75, 3.05) is 31.7 Å². The van der Waals surface area contributed by atoms with E-state index >= 15 is 0 Å². The molecule has 0 radical (unpaired) electrons. The van der Waals surface area contributed by atoms with Crippen molar-refractivity contribution in [1.29, 1.82) is 5.26 Å². The molecule has 1 aliphatic heterocycles. The summed E-state index contributed by atoms with van der Waals surface area (Å²) in [7, 11) is 0. The van der Waals surface area contributed by atoms with Gasteiger partial charge in [0.2, 0.25) is 0 Å². The van der Waals surface area contributed by atoms with E-state index in [0.717, 1.165) is 19.3 Å². The number of hydrogen-bond acceptors (Lipinski definition) is 6. The highest BCUT2D eigenvalue weighted by Gasteiger charge is 2.32. The number of anilines is 1. The maximum absolute atomic E-state index is 9.23. The summed E-state index contributed by atoms with van der Waals surface area (Å²) in [6.45, 7) is 2.26. The number of nitrogens with zero attached hydrogens (tertiary/aromatic N) is 3. The Bertz CT molecular complexity index is 447. The van der Waals surface area contributed by atoms with Crippen LogP contribution in [0.3, 0.4) is 0 Å². The summed E-state index contributed by atoms with van der Waals surface area (Å²) in [5, 5.41) is 21.4. The lowest BCUT2D eigenvalue weighted by molar-refractivity contribution is 0.00901. The van der Waals surface area contributed by atoms with Gasteiger partial charge in [-0.15, -0.1) is 0 Å². The van der Waals surface area contributed by atoms with Crippen LogP contribution in [-0.4, -0.2) is 41.4 Å². The fraction of sp³-hybridized carbons (Fsp3) is 0.615. The first kappa shape index (κ1) is 13.7. The molecule has 0 spiro atoms. The second kappa shape index (κ2) is 6.45. The highest BCUT2D eigenvalue weighted by molar-refractivity contribution is 5.46. The van der Waals surface area contributed by atoms with Crippen LogP contribution in [0.1, 0.15) is 25.0 Å². The summed E-state index contributed by atoms with van der Waals surface area (Å²) in [6.07, 6.45) is 5.60. The highest BCUT2D eigenvalue weighted by Crippen LogP contribution is 2.34. The number of ether oxygens (including phenoxy) is 1. The van der Waals surface area contributed by atoms with Crippen molar-refractivity contribution in [3.8, 4) is 6.07 Å². The van der Waals surface area contributed by atoms with E-state index in [0.29, 0.717) is 31.3 Å². The second-order valence-electron chi connectivity index (χ2n) is 4.80. The zero-order valence-electron chi connectivity index (χ0n) is 10.8. The van der Waals surface area contributed by atoms with Crippen LogP contribution in [0.25, 0.3) is 0 Å². The zero-order valence-corrected chi connectivity index (χ0v) is 10.8. The maximum Gasteiger partial charge on any atom is 0.182 e. The standard InChI is InChI=1S/C13H18N4O2/c14-9-11-12(16-5-4-15-11)17-10-13(1-6-18)2-7-19-8-3-13/h4-5,18H,1-3,6-8,10H2,(H,16,17). The third kappa shape index (κ3) is 3.40. The molecule has 0 saturated carbocycles. The first-order chi connectivity index (χ1) is 9.29. The van der Waals surface area contributed by atoms with Gasteiger partial charge in [0.15, 0.2) is 11.5 Å². The Labute approximate surface area is 112 Å². The van der Waals surface area contributed by atoms with Gasteiger partial charge in [-0.25, -0.2) is 9.97 Å². The smallest absolute Gasteiger partial charge is 0.182 e. The molecule has 102 valence electrons. The summed E-state index contributed by atoms with van der Waals surface area (Å²) in [5.74, 6) is 0.508. The molecule has 0 aromatic carbocycles. The van der Waals surface area contributed by atoms with E-state index in [1.807, 2.05) is 6.07 Å². The lowest BCUT2D eigenvalue weighted by atomic mass is 9.77. The SMILES string of the molecule is N#Cc1nccnc1NCC1(CCO)CCOCC1. The number of aliphatic hydroxyl groups is 1. The summed E-state index contributed by atoms with van der Waals surface area (Å²) in [4.78, 5) is 8.10. The lowest BCUT2D eigenvalue weighted by Gasteiger charge is -2.37. The summed E-state index contributed by atoms with van der Waals surface area (Å²) in [6, 6.07) is 2.02. The molecule has 2 heterocycles. The summed E-state index contributed by atoms with van der Waals surface area (Å²) in [5.41, 5.74) is 0.311. The van der Waals surface area contributed by atoms with Gasteiger partial charge in [-0.1, -0.05) is 0 Å². The first-order valence-electron chi connectivity index (χ1n) is 6.43. The van der Waals surface area contributed by atoms with E-state index in [4.69, 9.17) is 10.00 Å². The number of aliphatic hydroxyl groups excluding tert-OH is 1. The van der Waals surface area contributed by atoms with Crippen LogP contribution in [0.4, 0.5) is 5.82 Å². The molecule has 1 aromatic heterocycles. The Kier molecular flexibility index (Phi) is 4.66. The van der Waals surface area contributed by atoms with Crippen molar-refractivity contribution in [2.45, 2.75) is 19.3 Å². The molecule has 6 heteroatoms. The average Bonchev–Trinajstić information content (AvgIpc) is 2.47. The molecule has 6 nitrogen and oxygen atoms in total. The molecule has 1 saturated heterocycles. The molecule has 1 fully saturated rings. The van der Waals surface area contributed by atoms with Crippen LogP contribution < -0.4 is 5.32 Å². The van der Waals surface area contributed by atoms with Crippen LogP contribution >= 0.6 is 0 Å². The van der Waals surface area contributed by atoms with Gasteiger partial charge in [0.1, 0.15) is 6.07 Å². The molecular weight excluding hydrogens is 244 g/mol. The Morgan fingerprint density at radius 1 is 1.37 bits per heavy atom. The number of aromatic nitrogens is 2. The molecule has 0 bridgehead atoms. The fourth-order valence-corrected chi connectivity index (χ4v) is 2.38. The van der Waals surface area contributed by atoms with E-state index in [1.165, 1.54) is 6.20 Å². The third-order valence-corrected chi connectivity index (χ3v) is 3.63. The highest BCUT2D eigenvalue weighted by atomic mass is 16.5. The van der Waals surface area contributed by atoms with E-state index in [9.17, 15) is 5.11 Å². The van der Waals surface area contributed by atoms with Gasteiger partial charge in [-0.3, -0.25) is 0 Å². The monoisotopic (exact) mass is 262 g/mol. The van der Waals surface area contributed by atoms with Crippen LogP contribution in [-0.2, 0) is 4.74 Å². The normalized spacial score (nSPS) is 17.7. The zero-order chi connectivity index (χ0) is 13.6. The van der Waals surface area contributed by atoms with E-state index in [-0.39, 0.29) is 12.0 Å². The predicted molar refractivity (Wildman–Crippen MR) is 69.4 cm³/mol. The van der Waals surface area contributed by atoms with Crippen LogP contribution in [0.5, 0.6) is 0 Å². The topological polar surface area (TPSA) is 91.1 Å². The number of rotatable bonds is 5. The maximum atomic E-state index is 9.23. The van der Waals surface area contributed by atoms with Gasteiger partial charge in [0.25, 0.3) is 0 Å². The van der Waals surface area contributed by atoms with Gasteiger partial charge in [-0.2, -0.15) is 5.26 Å². The molecule has 0 aliphatic carbocycles. The van der Waals surface area contributed by atoms with Gasteiger partial charge in [-0.05, 0) is 24.7 Å². The Morgan fingerprint density at radius 2 is 2.11 bits per heavy atom. The molecule has 0 amide bonds. The van der Waals surface area contributed by atoms with Gasteiger partial charge < -0.3 is 15.2 Å². The Balaban J connectivity index is 2.04. The second-order valence-corrected chi connectivity index (χ2v) is 4.80. The molecule has 1 aliphatic rings. The lowest BCUT2D eigenvalue weighted by Crippen LogP contribution is -2.37. The quantitative estimate of drug-likeness (QED) is 0.820. The third-order valence-electron chi connectivity index (χ3n) is 3.63. The molecule has 19 heavy (non-hydrogen) atoms. The van der Waals surface area contributed by atoms with Crippen molar-refractivity contribution in [3.05, 3.63) is 18.1 Å². The van der Waals surface area contributed by atoms with Crippen LogP contribution in [0, 0.1) is 16.7 Å². The van der Waals surface area contributed by atoms with Crippen molar-refractivity contribution in [3.63, 3.8) is 0 Å². The average molecular weight is 262 g/mol. The molecule has 0 atom stereocenters. The van der Waals surface area contributed by atoms with Crippen molar-refractivity contribution >= 4 is 5.82 Å². The molecule has 1 aromatic rings. The first-order valence-corrected chi connectivity index (χ1v) is 6.43. The van der Waals surface area contributed by atoms with E-state index in [1.54, 1.807) is 6.20 Å². The van der Waals surface area contributed by atoms with Gasteiger partial charge in [0.05, 0.1) is 0 Å². The van der Waals surface area contributed by atoms with Crippen molar-refractivity contribution in [2.24, 2.45) is 5.41 Å². The summed E-state index contributed by atoms with van der Waals surface area (Å²) >= 11 is 0. The predicted octanol–water partition coefficient (Wildman–Crippen LogP) is 0.939. The number of nitriles is 1.